The molecule has 0 amide bonds. The Bertz CT molecular complexity index is 199. The zero-order chi connectivity index (χ0) is 10.1. The van der Waals surface area contributed by atoms with Crippen molar-refractivity contribution in [2.24, 2.45) is 0 Å². The summed E-state index contributed by atoms with van der Waals surface area (Å²) in [5, 5.41) is 0. The molecule has 0 saturated heterocycles. The van der Waals surface area contributed by atoms with Gasteiger partial charge in [0.2, 0.25) is 0 Å². The largest absolute Gasteiger partial charge is 0.376 e. The van der Waals surface area contributed by atoms with Gasteiger partial charge < -0.3 is 4.74 Å². The highest BCUT2D eigenvalue weighted by Crippen LogP contribution is 2.17. The van der Waals surface area contributed by atoms with Crippen molar-refractivity contribution in [3.63, 3.8) is 0 Å². The lowest BCUT2D eigenvalue weighted by Gasteiger charge is -2.15. The Hall–Kier alpha value is -0.820. The van der Waals surface area contributed by atoms with Crippen LogP contribution in [-0.4, -0.2) is 13.2 Å². The Kier molecular flexibility index (Phi) is 7.32. The Labute approximate surface area is 81.8 Å². The molecule has 0 N–H and O–H groups in total. The van der Waals surface area contributed by atoms with Gasteiger partial charge >= 0.3 is 0 Å². The van der Waals surface area contributed by atoms with E-state index in [1.54, 1.807) is 0 Å². The van der Waals surface area contributed by atoms with Crippen LogP contribution in [0.3, 0.4) is 0 Å². The molecule has 0 fully saturated rings. The summed E-state index contributed by atoms with van der Waals surface area (Å²) in [6.07, 6.45) is 7.06. The summed E-state index contributed by atoms with van der Waals surface area (Å²) in [5.74, 6) is 0. The van der Waals surface area contributed by atoms with Crippen LogP contribution in [0, 0.1) is 0 Å². The van der Waals surface area contributed by atoms with Crippen LogP contribution in [0.2, 0.25) is 0 Å². The van der Waals surface area contributed by atoms with Crippen molar-refractivity contribution in [1.82, 2.24) is 0 Å². The van der Waals surface area contributed by atoms with Crippen LogP contribution in [0.4, 0.5) is 0 Å². The van der Waals surface area contributed by atoms with Gasteiger partial charge in [-0.3, -0.25) is 0 Å². The quantitative estimate of drug-likeness (QED) is 0.632. The lowest BCUT2D eigenvalue weighted by molar-refractivity contribution is 0.150. The molecule has 1 aliphatic heterocycles. The first-order valence-corrected chi connectivity index (χ1v) is 4.93. The molecule has 0 aromatic carbocycles. The Balaban J connectivity index is 0.000000671. The molecular formula is C12H20O. The highest BCUT2D eigenvalue weighted by Gasteiger charge is 2.06. The SMILES string of the molecule is C=CC1=C(/C=C\C)COCC1.CC. The van der Waals surface area contributed by atoms with Crippen molar-refractivity contribution < 1.29 is 4.74 Å². The van der Waals surface area contributed by atoms with Gasteiger partial charge in [0.15, 0.2) is 0 Å². The predicted molar refractivity (Wildman–Crippen MR) is 58.8 cm³/mol. The molecule has 1 rings (SSSR count). The van der Waals surface area contributed by atoms with Gasteiger partial charge in [-0.15, -0.1) is 0 Å². The maximum Gasteiger partial charge on any atom is 0.0719 e. The second-order valence-electron chi connectivity index (χ2n) is 2.56. The topological polar surface area (TPSA) is 9.23 Å². The summed E-state index contributed by atoms with van der Waals surface area (Å²) >= 11 is 0. The fourth-order valence-electron chi connectivity index (χ4n) is 1.21. The van der Waals surface area contributed by atoms with Gasteiger partial charge in [0.05, 0.1) is 13.2 Å². The van der Waals surface area contributed by atoms with E-state index < -0.39 is 0 Å². The summed E-state index contributed by atoms with van der Waals surface area (Å²) in [6.45, 7) is 11.4. The van der Waals surface area contributed by atoms with Gasteiger partial charge in [0.25, 0.3) is 0 Å². The fraction of sp³-hybridized carbons (Fsp3) is 0.500. The minimum atomic E-state index is 0.742. The lowest BCUT2D eigenvalue weighted by Crippen LogP contribution is -2.08. The summed E-state index contributed by atoms with van der Waals surface area (Å²) < 4.78 is 5.31. The third-order valence-electron chi connectivity index (χ3n) is 1.80. The zero-order valence-corrected chi connectivity index (χ0v) is 8.97. The number of hydrogen-bond donors (Lipinski definition) is 0. The molecule has 0 atom stereocenters. The summed E-state index contributed by atoms with van der Waals surface area (Å²) in [5.41, 5.74) is 2.60. The Morgan fingerprint density at radius 3 is 2.54 bits per heavy atom. The monoisotopic (exact) mass is 180 g/mol. The van der Waals surface area contributed by atoms with Crippen molar-refractivity contribution in [3.8, 4) is 0 Å². The van der Waals surface area contributed by atoms with Crippen molar-refractivity contribution in [2.75, 3.05) is 13.2 Å². The molecule has 0 unspecified atom stereocenters. The van der Waals surface area contributed by atoms with E-state index in [9.17, 15) is 0 Å². The summed E-state index contributed by atoms with van der Waals surface area (Å²) in [7, 11) is 0. The van der Waals surface area contributed by atoms with Crippen LogP contribution < -0.4 is 0 Å². The van der Waals surface area contributed by atoms with Gasteiger partial charge in [0.1, 0.15) is 0 Å². The van der Waals surface area contributed by atoms with Gasteiger partial charge in [-0.2, -0.15) is 0 Å². The van der Waals surface area contributed by atoms with Gasteiger partial charge in [-0.05, 0) is 24.5 Å². The molecule has 0 aliphatic carbocycles. The van der Waals surface area contributed by atoms with E-state index in [0.29, 0.717) is 0 Å². The van der Waals surface area contributed by atoms with Crippen LogP contribution in [0.5, 0.6) is 0 Å². The Morgan fingerprint density at radius 2 is 2.00 bits per heavy atom. The Morgan fingerprint density at radius 1 is 1.31 bits per heavy atom. The number of hydrogen-bond acceptors (Lipinski definition) is 1. The smallest absolute Gasteiger partial charge is 0.0719 e. The zero-order valence-electron chi connectivity index (χ0n) is 8.97. The normalized spacial score (nSPS) is 16.8. The van der Waals surface area contributed by atoms with Crippen LogP contribution in [-0.2, 0) is 4.74 Å². The maximum atomic E-state index is 5.31. The molecule has 0 spiro atoms. The van der Waals surface area contributed by atoms with Crippen LogP contribution >= 0.6 is 0 Å². The van der Waals surface area contributed by atoms with Gasteiger partial charge in [-0.1, -0.05) is 38.7 Å². The fourth-order valence-corrected chi connectivity index (χ4v) is 1.21. The molecule has 1 heteroatoms. The molecule has 0 aromatic rings. The number of allylic oxidation sites excluding steroid dienone is 2. The van der Waals surface area contributed by atoms with E-state index in [4.69, 9.17) is 4.74 Å². The van der Waals surface area contributed by atoms with E-state index in [1.807, 2.05) is 32.9 Å². The maximum absolute atomic E-state index is 5.31. The highest BCUT2D eigenvalue weighted by molar-refractivity contribution is 5.33. The second-order valence-corrected chi connectivity index (χ2v) is 2.56. The number of rotatable bonds is 2. The molecule has 0 saturated carbocycles. The summed E-state index contributed by atoms with van der Waals surface area (Å²) in [4.78, 5) is 0. The van der Waals surface area contributed by atoms with Crippen molar-refractivity contribution in [3.05, 3.63) is 36.0 Å². The molecular weight excluding hydrogens is 160 g/mol. The summed E-state index contributed by atoms with van der Waals surface area (Å²) in [6, 6.07) is 0. The highest BCUT2D eigenvalue weighted by atomic mass is 16.5. The first-order chi connectivity index (χ1) is 6.38. The minimum Gasteiger partial charge on any atom is -0.376 e. The van der Waals surface area contributed by atoms with E-state index in [2.05, 4.69) is 12.7 Å². The molecule has 1 nitrogen and oxygen atoms in total. The average molecular weight is 180 g/mol. The van der Waals surface area contributed by atoms with E-state index >= 15 is 0 Å². The first-order valence-electron chi connectivity index (χ1n) is 4.93. The lowest BCUT2D eigenvalue weighted by atomic mass is 10.0. The van der Waals surface area contributed by atoms with Crippen molar-refractivity contribution in [2.45, 2.75) is 27.2 Å². The van der Waals surface area contributed by atoms with Crippen molar-refractivity contribution >= 4 is 0 Å². The van der Waals surface area contributed by atoms with Gasteiger partial charge in [-0.25, -0.2) is 0 Å². The van der Waals surface area contributed by atoms with E-state index in [0.717, 1.165) is 19.6 Å². The second kappa shape index (κ2) is 7.81. The predicted octanol–water partition coefficient (Wildman–Crippen LogP) is 3.49. The van der Waals surface area contributed by atoms with E-state index in [-0.39, 0.29) is 0 Å². The van der Waals surface area contributed by atoms with Crippen molar-refractivity contribution in [1.29, 1.82) is 0 Å². The molecule has 0 radical (unpaired) electrons. The molecule has 13 heavy (non-hydrogen) atoms. The molecule has 0 bridgehead atoms. The molecule has 1 aliphatic rings. The first kappa shape index (κ1) is 12.2. The molecule has 74 valence electrons. The minimum absolute atomic E-state index is 0.742. The standard InChI is InChI=1S/C10H14O.C2H6/c1-3-5-10-8-11-7-6-9(10)4-2;1-2/h3-5H,2,6-8H2,1H3;1-2H3/b5-3-;. The van der Waals surface area contributed by atoms with E-state index in [1.165, 1.54) is 11.1 Å². The number of ether oxygens (including phenoxy) is 1. The van der Waals surface area contributed by atoms with Crippen LogP contribution in [0.15, 0.2) is 36.0 Å². The average Bonchev–Trinajstić information content (AvgIpc) is 2.22. The van der Waals surface area contributed by atoms with Crippen LogP contribution in [0.1, 0.15) is 27.2 Å². The third kappa shape index (κ3) is 4.09. The van der Waals surface area contributed by atoms with Crippen LogP contribution in [0.25, 0.3) is 0 Å². The molecule has 1 heterocycles. The molecule has 0 aromatic heterocycles. The van der Waals surface area contributed by atoms with Gasteiger partial charge in [0, 0.05) is 0 Å². The third-order valence-corrected chi connectivity index (χ3v) is 1.80.